The number of ether oxygens (including phenoxy) is 1. The van der Waals surface area contributed by atoms with Gasteiger partial charge >= 0.3 is 5.97 Å². The molecule has 0 aromatic heterocycles. The molecule has 4 unspecified atom stereocenters. The third-order valence-electron chi connectivity index (χ3n) is 5.12. The van der Waals surface area contributed by atoms with Crippen LogP contribution in [0.1, 0.15) is 40.0 Å². The topological polar surface area (TPSA) is 26.3 Å². The van der Waals surface area contributed by atoms with Crippen LogP contribution in [0.15, 0.2) is 0 Å². The van der Waals surface area contributed by atoms with E-state index < -0.39 is 0 Å². The first-order valence-electron chi connectivity index (χ1n) is 6.06. The number of hydrogen-bond donors (Lipinski definition) is 0. The molecule has 2 fully saturated rings. The molecular weight excluding hydrogens is 188 g/mol. The Kier molecular flexibility index (Phi) is 2.56. The Morgan fingerprint density at radius 3 is 2.47 bits per heavy atom. The van der Waals surface area contributed by atoms with Crippen LogP contribution in [0.4, 0.5) is 0 Å². The van der Waals surface area contributed by atoms with Gasteiger partial charge in [0.15, 0.2) is 0 Å². The average molecular weight is 210 g/mol. The molecule has 0 saturated heterocycles. The Morgan fingerprint density at radius 1 is 1.40 bits per heavy atom. The largest absolute Gasteiger partial charge is 0.469 e. The second-order valence-corrected chi connectivity index (χ2v) is 5.91. The first-order valence-corrected chi connectivity index (χ1v) is 6.06. The van der Waals surface area contributed by atoms with Crippen molar-refractivity contribution in [3.8, 4) is 0 Å². The first kappa shape index (κ1) is 11.0. The smallest absolute Gasteiger partial charge is 0.308 e. The maximum Gasteiger partial charge on any atom is 0.308 e. The lowest BCUT2D eigenvalue weighted by atomic mass is 9.76. The van der Waals surface area contributed by atoms with Crippen molar-refractivity contribution < 1.29 is 9.53 Å². The van der Waals surface area contributed by atoms with Crippen molar-refractivity contribution in [1.29, 1.82) is 0 Å². The van der Waals surface area contributed by atoms with E-state index in [1.54, 1.807) is 0 Å². The molecule has 4 atom stereocenters. The highest BCUT2D eigenvalue weighted by Gasteiger charge is 2.55. The summed E-state index contributed by atoms with van der Waals surface area (Å²) in [7, 11) is 1.50. The maximum atomic E-state index is 11.6. The SMILES string of the molecule is COC(=O)C(C)C1CC2CCC1C2(C)C. The zero-order valence-electron chi connectivity index (χ0n) is 10.2. The van der Waals surface area contributed by atoms with Crippen molar-refractivity contribution in [3.05, 3.63) is 0 Å². The van der Waals surface area contributed by atoms with Gasteiger partial charge in [-0.15, -0.1) is 0 Å². The number of fused-ring (bicyclic) bond motifs is 2. The number of carbonyl (C=O) groups is 1. The molecule has 2 bridgehead atoms. The van der Waals surface area contributed by atoms with E-state index in [0.29, 0.717) is 11.3 Å². The molecule has 0 spiro atoms. The number of hydrogen-bond acceptors (Lipinski definition) is 2. The number of methoxy groups -OCH3 is 1. The van der Waals surface area contributed by atoms with Gasteiger partial charge in [-0.25, -0.2) is 0 Å². The van der Waals surface area contributed by atoms with Crippen molar-refractivity contribution >= 4 is 5.97 Å². The Labute approximate surface area is 92.4 Å². The monoisotopic (exact) mass is 210 g/mol. The summed E-state index contributed by atoms with van der Waals surface area (Å²) >= 11 is 0. The van der Waals surface area contributed by atoms with Crippen molar-refractivity contribution in [2.45, 2.75) is 40.0 Å². The number of carbonyl (C=O) groups excluding carboxylic acids is 1. The van der Waals surface area contributed by atoms with Crippen LogP contribution in [0, 0.1) is 29.1 Å². The highest BCUT2D eigenvalue weighted by Crippen LogP contribution is 2.61. The molecule has 2 aliphatic carbocycles. The van der Waals surface area contributed by atoms with Gasteiger partial charge in [-0.2, -0.15) is 0 Å². The summed E-state index contributed by atoms with van der Waals surface area (Å²) in [5.41, 5.74) is 0.451. The minimum atomic E-state index is -0.0247. The fourth-order valence-corrected chi connectivity index (χ4v) is 4.02. The highest BCUT2D eigenvalue weighted by atomic mass is 16.5. The predicted molar refractivity (Wildman–Crippen MR) is 59.3 cm³/mol. The van der Waals surface area contributed by atoms with Crippen LogP contribution >= 0.6 is 0 Å². The van der Waals surface area contributed by atoms with E-state index in [4.69, 9.17) is 4.74 Å². The molecule has 2 saturated carbocycles. The summed E-state index contributed by atoms with van der Waals surface area (Å²) in [5.74, 6) is 2.19. The van der Waals surface area contributed by atoms with Gasteiger partial charge in [-0.1, -0.05) is 20.8 Å². The fourth-order valence-electron chi connectivity index (χ4n) is 4.02. The van der Waals surface area contributed by atoms with E-state index in [1.807, 2.05) is 6.92 Å². The molecule has 2 rings (SSSR count). The van der Waals surface area contributed by atoms with E-state index in [9.17, 15) is 4.79 Å². The predicted octanol–water partition coefficient (Wildman–Crippen LogP) is 2.87. The van der Waals surface area contributed by atoms with E-state index in [0.717, 1.165) is 11.8 Å². The second-order valence-electron chi connectivity index (χ2n) is 5.91. The van der Waals surface area contributed by atoms with Gasteiger partial charge in [0.1, 0.15) is 0 Å². The van der Waals surface area contributed by atoms with Crippen LogP contribution in [-0.2, 0) is 9.53 Å². The molecule has 0 aliphatic heterocycles. The van der Waals surface area contributed by atoms with Gasteiger partial charge in [0, 0.05) is 0 Å². The standard InChI is InChI=1S/C13H22O2/c1-8(12(14)15-4)10-7-9-5-6-11(10)13(9,2)3/h8-11H,5-7H2,1-4H3. The minimum Gasteiger partial charge on any atom is -0.469 e. The van der Waals surface area contributed by atoms with Crippen LogP contribution in [0.2, 0.25) is 0 Å². The highest BCUT2D eigenvalue weighted by molar-refractivity contribution is 5.72. The zero-order valence-corrected chi connectivity index (χ0v) is 10.2. The first-order chi connectivity index (χ1) is 6.98. The Bertz CT molecular complexity index is 270. The summed E-state index contributed by atoms with van der Waals surface area (Å²) in [5, 5.41) is 0. The summed E-state index contributed by atoms with van der Waals surface area (Å²) in [6, 6.07) is 0. The lowest BCUT2D eigenvalue weighted by Crippen LogP contribution is -2.28. The molecule has 86 valence electrons. The minimum absolute atomic E-state index is 0.0247. The molecule has 0 N–H and O–H groups in total. The average Bonchev–Trinajstić information content (AvgIpc) is 2.65. The van der Waals surface area contributed by atoms with Gasteiger partial charge in [0.2, 0.25) is 0 Å². The summed E-state index contributed by atoms with van der Waals surface area (Å²) in [4.78, 5) is 11.6. The molecule has 0 radical (unpaired) electrons. The van der Waals surface area contributed by atoms with Crippen LogP contribution in [0.25, 0.3) is 0 Å². The van der Waals surface area contributed by atoms with Crippen LogP contribution in [0.5, 0.6) is 0 Å². The molecule has 0 heterocycles. The fraction of sp³-hybridized carbons (Fsp3) is 0.923. The normalized spacial score (nSPS) is 39.1. The summed E-state index contributed by atoms with van der Waals surface area (Å²) < 4.78 is 4.86. The zero-order chi connectivity index (χ0) is 11.2. The van der Waals surface area contributed by atoms with Crippen LogP contribution < -0.4 is 0 Å². The molecule has 0 aromatic rings. The van der Waals surface area contributed by atoms with E-state index in [-0.39, 0.29) is 11.9 Å². The third kappa shape index (κ3) is 1.49. The number of rotatable bonds is 2. The molecule has 2 heteroatoms. The number of esters is 1. The van der Waals surface area contributed by atoms with Crippen molar-refractivity contribution in [2.24, 2.45) is 29.1 Å². The second kappa shape index (κ2) is 3.50. The summed E-state index contributed by atoms with van der Waals surface area (Å²) in [6.45, 7) is 6.78. The third-order valence-corrected chi connectivity index (χ3v) is 5.12. The summed E-state index contributed by atoms with van der Waals surface area (Å²) in [6.07, 6.45) is 3.90. The molecule has 0 aromatic carbocycles. The lowest BCUT2D eigenvalue weighted by Gasteiger charge is -2.29. The van der Waals surface area contributed by atoms with E-state index in [2.05, 4.69) is 13.8 Å². The van der Waals surface area contributed by atoms with Crippen LogP contribution in [0.3, 0.4) is 0 Å². The molecule has 2 nitrogen and oxygen atoms in total. The van der Waals surface area contributed by atoms with Gasteiger partial charge in [-0.3, -0.25) is 4.79 Å². The molecule has 2 aliphatic rings. The van der Waals surface area contributed by atoms with E-state index in [1.165, 1.54) is 26.4 Å². The molecule has 15 heavy (non-hydrogen) atoms. The maximum absolute atomic E-state index is 11.6. The molecular formula is C13H22O2. The van der Waals surface area contributed by atoms with Crippen LogP contribution in [-0.4, -0.2) is 13.1 Å². The lowest BCUT2D eigenvalue weighted by molar-refractivity contribution is -0.147. The Hall–Kier alpha value is -0.530. The van der Waals surface area contributed by atoms with Crippen molar-refractivity contribution in [2.75, 3.05) is 7.11 Å². The van der Waals surface area contributed by atoms with E-state index >= 15 is 0 Å². The van der Waals surface area contributed by atoms with Gasteiger partial charge < -0.3 is 4.74 Å². The van der Waals surface area contributed by atoms with Gasteiger partial charge in [0.25, 0.3) is 0 Å². The Balaban J connectivity index is 2.12. The van der Waals surface area contributed by atoms with Gasteiger partial charge in [0.05, 0.1) is 13.0 Å². The quantitative estimate of drug-likeness (QED) is 0.655. The Morgan fingerprint density at radius 2 is 2.07 bits per heavy atom. The molecule has 0 amide bonds. The van der Waals surface area contributed by atoms with Crippen molar-refractivity contribution in [3.63, 3.8) is 0 Å². The van der Waals surface area contributed by atoms with Crippen molar-refractivity contribution in [1.82, 2.24) is 0 Å². The van der Waals surface area contributed by atoms with Gasteiger partial charge in [-0.05, 0) is 42.4 Å².